The molecule has 0 spiro atoms. The molecule has 1 heterocycles. The summed E-state index contributed by atoms with van der Waals surface area (Å²) < 4.78 is 0. The van der Waals surface area contributed by atoms with E-state index in [0.717, 1.165) is 12.8 Å². The Morgan fingerprint density at radius 2 is 2.12 bits per heavy atom. The van der Waals surface area contributed by atoms with Gasteiger partial charge in [-0.2, -0.15) is 0 Å². The molecule has 1 aromatic rings. The molecule has 0 radical (unpaired) electrons. The molecule has 1 saturated carbocycles. The highest BCUT2D eigenvalue weighted by Crippen LogP contribution is 2.26. The number of carbonyl (C=O) groups is 2. The van der Waals surface area contributed by atoms with Crippen molar-refractivity contribution in [3.63, 3.8) is 0 Å². The fraction of sp³-hybridized carbons (Fsp3) is 0.417. The molecule has 0 bridgehead atoms. The van der Waals surface area contributed by atoms with E-state index in [-0.39, 0.29) is 23.2 Å². The van der Waals surface area contributed by atoms with Crippen molar-refractivity contribution >= 4 is 11.9 Å². The van der Waals surface area contributed by atoms with Crippen LogP contribution in [0.15, 0.2) is 18.3 Å². The zero-order valence-electron chi connectivity index (χ0n) is 9.51. The highest BCUT2D eigenvalue weighted by molar-refractivity contribution is 5.93. The third-order valence-electron chi connectivity index (χ3n) is 2.95. The SMILES string of the molecule is CC1CC(NC(=O)c2ccc(C(=O)O)cn2)C1. The second kappa shape index (κ2) is 4.53. The van der Waals surface area contributed by atoms with E-state index in [1.807, 2.05) is 0 Å². The van der Waals surface area contributed by atoms with E-state index in [4.69, 9.17) is 5.11 Å². The van der Waals surface area contributed by atoms with Gasteiger partial charge < -0.3 is 10.4 Å². The van der Waals surface area contributed by atoms with Gasteiger partial charge in [0, 0.05) is 12.2 Å². The van der Waals surface area contributed by atoms with Crippen LogP contribution in [0.5, 0.6) is 0 Å². The van der Waals surface area contributed by atoms with Gasteiger partial charge in [0.05, 0.1) is 5.56 Å². The van der Waals surface area contributed by atoms with E-state index in [1.54, 1.807) is 0 Å². The molecule has 5 nitrogen and oxygen atoms in total. The summed E-state index contributed by atoms with van der Waals surface area (Å²) in [6, 6.07) is 3.05. The van der Waals surface area contributed by atoms with Crippen molar-refractivity contribution in [2.24, 2.45) is 5.92 Å². The Bertz CT molecular complexity index is 436. The van der Waals surface area contributed by atoms with E-state index in [2.05, 4.69) is 17.2 Å². The van der Waals surface area contributed by atoms with Crippen molar-refractivity contribution in [2.75, 3.05) is 0 Å². The van der Waals surface area contributed by atoms with Crippen molar-refractivity contribution in [1.82, 2.24) is 10.3 Å². The van der Waals surface area contributed by atoms with Crippen molar-refractivity contribution in [2.45, 2.75) is 25.8 Å². The highest BCUT2D eigenvalue weighted by Gasteiger charge is 2.27. The fourth-order valence-electron chi connectivity index (χ4n) is 1.93. The Hall–Kier alpha value is -1.91. The molecule has 1 aliphatic carbocycles. The maximum absolute atomic E-state index is 11.7. The summed E-state index contributed by atoms with van der Waals surface area (Å²) in [5.74, 6) is -0.612. The van der Waals surface area contributed by atoms with Gasteiger partial charge in [0.1, 0.15) is 5.69 Å². The van der Waals surface area contributed by atoms with Gasteiger partial charge in [-0.1, -0.05) is 6.92 Å². The first-order valence-corrected chi connectivity index (χ1v) is 5.56. The number of aromatic carboxylic acids is 1. The summed E-state index contributed by atoms with van der Waals surface area (Å²) in [6.45, 7) is 2.14. The standard InChI is InChI=1S/C12H14N2O3/c1-7-4-9(5-7)14-11(15)10-3-2-8(6-13-10)12(16)17/h2-3,6-7,9H,4-5H2,1H3,(H,14,15)(H,16,17). The number of aromatic nitrogens is 1. The summed E-state index contributed by atoms with van der Waals surface area (Å²) in [5.41, 5.74) is 0.341. The minimum absolute atomic E-state index is 0.0822. The zero-order valence-corrected chi connectivity index (χ0v) is 9.51. The molecule has 1 aliphatic rings. The van der Waals surface area contributed by atoms with Crippen LogP contribution in [0, 0.1) is 5.92 Å². The number of nitrogens with one attached hydrogen (secondary N) is 1. The Labute approximate surface area is 98.9 Å². The second-order valence-corrected chi connectivity index (χ2v) is 4.48. The first kappa shape index (κ1) is 11.6. The Morgan fingerprint density at radius 1 is 1.41 bits per heavy atom. The van der Waals surface area contributed by atoms with Gasteiger partial charge in [0.15, 0.2) is 0 Å². The molecule has 5 heteroatoms. The van der Waals surface area contributed by atoms with Crippen LogP contribution in [0.25, 0.3) is 0 Å². The van der Waals surface area contributed by atoms with Gasteiger partial charge in [0.2, 0.25) is 0 Å². The molecule has 0 saturated heterocycles. The normalized spacial score (nSPS) is 22.6. The Morgan fingerprint density at radius 3 is 2.59 bits per heavy atom. The second-order valence-electron chi connectivity index (χ2n) is 4.48. The van der Waals surface area contributed by atoms with Crippen LogP contribution in [0.2, 0.25) is 0 Å². The minimum atomic E-state index is -1.04. The molecule has 0 atom stereocenters. The van der Waals surface area contributed by atoms with Crippen molar-refractivity contribution in [1.29, 1.82) is 0 Å². The smallest absolute Gasteiger partial charge is 0.337 e. The molecule has 0 unspecified atom stereocenters. The van der Waals surface area contributed by atoms with Gasteiger partial charge in [0.25, 0.3) is 5.91 Å². The lowest BCUT2D eigenvalue weighted by atomic mass is 9.82. The number of carboxylic acids is 1. The van der Waals surface area contributed by atoms with Crippen LogP contribution in [-0.2, 0) is 0 Å². The Balaban J connectivity index is 1.97. The third-order valence-corrected chi connectivity index (χ3v) is 2.95. The average Bonchev–Trinajstić information content (AvgIpc) is 2.27. The van der Waals surface area contributed by atoms with Crippen LogP contribution < -0.4 is 5.32 Å². The number of nitrogens with zero attached hydrogens (tertiary/aromatic N) is 1. The van der Waals surface area contributed by atoms with Crippen LogP contribution in [0.4, 0.5) is 0 Å². The maximum atomic E-state index is 11.7. The van der Waals surface area contributed by atoms with Crippen molar-refractivity contribution in [3.8, 4) is 0 Å². The van der Waals surface area contributed by atoms with Crippen LogP contribution >= 0.6 is 0 Å². The van der Waals surface area contributed by atoms with Gasteiger partial charge in [-0.05, 0) is 30.9 Å². The first-order chi connectivity index (χ1) is 8.06. The number of hydrogen-bond acceptors (Lipinski definition) is 3. The average molecular weight is 234 g/mol. The topological polar surface area (TPSA) is 79.3 Å². The number of pyridine rings is 1. The van der Waals surface area contributed by atoms with E-state index < -0.39 is 5.97 Å². The zero-order chi connectivity index (χ0) is 12.4. The molecule has 1 amide bonds. The highest BCUT2D eigenvalue weighted by atomic mass is 16.4. The number of amides is 1. The van der Waals surface area contributed by atoms with Crippen molar-refractivity contribution < 1.29 is 14.7 Å². The van der Waals surface area contributed by atoms with E-state index in [9.17, 15) is 9.59 Å². The molecule has 0 aromatic carbocycles. The summed E-state index contributed by atoms with van der Waals surface area (Å²) in [7, 11) is 0. The number of carboxylic acid groups (broad SMARTS) is 1. The largest absolute Gasteiger partial charge is 0.478 e. The van der Waals surface area contributed by atoms with Gasteiger partial charge >= 0.3 is 5.97 Å². The van der Waals surface area contributed by atoms with E-state index in [0.29, 0.717) is 5.92 Å². The number of rotatable bonds is 3. The predicted octanol–water partition coefficient (Wildman–Crippen LogP) is 1.31. The van der Waals surface area contributed by atoms with Crippen LogP contribution in [0.1, 0.15) is 40.6 Å². The predicted molar refractivity (Wildman–Crippen MR) is 60.8 cm³/mol. The minimum Gasteiger partial charge on any atom is -0.478 e. The monoisotopic (exact) mass is 234 g/mol. The van der Waals surface area contributed by atoms with Crippen LogP contribution in [-0.4, -0.2) is 28.0 Å². The summed E-state index contributed by atoms with van der Waals surface area (Å²) in [6.07, 6.45) is 3.19. The summed E-state index contributed by atoms with van der Waals surface area (Å²) >= 11 is 0. The molecule has 90 valence electrons. The summed E-state index contributed by atoms with van der Waals surface area (Å²) in [5, 5.41) is 11.6. The molecule has 2 N–H and O–H groups in total. The van der Waals surface area contributed by atoms with Gasteiger partial charge in [-0.15, -0.1) is 0 Å². The quantitative estimate of drug-likeness (QED) is 0.826. The molecule has 0 aliphatic heterocycles. The molecular formula is C12H14N2O3. The number of carbonyl (C=O) groups excluding carboxylic acids is 1. The van der Waals surface area contributed by atoms with E-state index in [1.165, 1.54) is 18.3 Å². The lowest BCUT2D eigenvalue weighted by Gasteiger charge is -2.33. The van der Waals surface area contributed by atoms with Gasteiger partial charge in [-0.25, -0.2) is 4.79 Å². The maximum Gasteiger partial charge on any atom is 0.337 e. The third kappa shape index (κ3) is 2.61. The van der Waals surface area contributed by atoms with Crippen LogP contribution in [0.3, 0.4) is 0 Å². The fourth-order valence-corrected chi connectivity index (χ4v) is 1.93. The van der Waals surface area contributed by atoms with Gasteiger partial charge in [-0.3, -0.25) is 9.78 Å². The number of hydrogen-bond donors (Lipinski definition) is 2. The first-order valence-electron chi connectivity index (χ1n) is 5.56. The summed E-state index contributed by atoms with van der Waals surface area (Å²) in [4.78, 5) is 26.2. The molecular weight excluding hydrogens is 220 g/mol. The Kier molecular flexibility index (Phi) is 3.08. The molecule has 17 heavy (non-hydrogen) atoms. The molecule has 1 fully saturated rings. The van der Waals surface area contributed by atoms with Crippen molar-refractivity contribution in [3.05, 3.63) is 29.6 Å². The van der Waals surface area contributed by atoms with E-state index >= 15 is 0 Å². The molecule has 1 aromatic heterocycles. The molecule has 2 rings (SSSR count). The lowest BCUT2D eigenvalue weighted by Crippen LogP contribution is -2.43. The lowest BCUT2D eigenvalue weighted by molar-refractivity contribution is 0.0695.